The number of nitrogens with zero attached hydrogens (tertiary/aromatic N) is 2. The summed E-state index contributed by atoms with van der Waals surface area (Å²) in [4.78, 5) is 16.0. The molecule has 0 saturated carbocycles. The smallest absolute Gasteiger partial charge is 0.326 e. The van der Waals surface area contributed by atoms with Gasteiger partial charge in [-0.15, -0.1) is 0 Å². The van der Waals surface area contributed by atoms with Crippen molar-refractivity contribution in [3.63, 3.8) is 0 Å². The van der Waals surface area contributed by atoms with E-state index < -0.39 is 23.7 Å². The van der Waals surface area contributed by atoms with Crippen LogP contribution in [0.1, 0.15) is 22.4 Å². The summed E-state index contributed by atoms with van der Waals surface area (Å²) in [7, 11) is 0. The lowest BCUT2D eigenvalue weighted by atomic mass is 9.76. The van der Waals surface area contributed by atoms with Crippen LogP contribution in [0.3, 0.4) is 0 Å². The highest BCUT2D eigenvalue weighted by atomic mass is 19.1. The van der Waals surface area contributed by atoms with Crippen LogP contribution in [0, 0.1) is 0 Å². The Kier molecular flexibility index (Phi) is 5.88. The van der Waals surface area contributed by atoms with E-state index in [0.29, 0.717) is 5.69 Å². The van der Waals surface area contributed by atoms with Crippen LogP contribution in [0.25, 0.3) is 0 Å². The molecule has 6 heteroatoms. The second-order valence-corrected chi connectivity index (χ2v) is 7.85. The minimum Gasteiger partial charge on any atom is -0.480 e. The van der Waals surface area contributed by atoms with Crippen molar-refractivity contribution < 1.29 is 14.3 Å². The fourth-order valence-electron chi connectivity index (χ4n) is 4.13. The molecule has 0 aliphatic carbocycles. The lowest BCUT2D eigenvalue weighted by molar-refractivity contribution is -0.144. The van der Waals surface area contributed by atoms with Crippen molar-refractivity contribution >= 4 is 5.97 Å². The maximum absolute atomic E-state index is 13.5. The summed E-state index contributed by atoms with van der Waals surface area (Å²) in [5.74, 6) is -1.39. The number of hydrogen-bond acceptors (Lipinski definition) is 3. The number of aliphatic carboxylic acids is 1. The first-order valence-electron chi connectivity index (χ1n) is 10.3. The number of hydrogen-bond donors (Lipinski definition) is 2. The molecule has 5 nitrogen and oxygen atoms in total. The van der Waals surface area contributed by atoms with Gasteiger partial charge in [-0.25, -0.2) is 9.37 Å². The van der Waals surface area contributed by atoms with Crippen molar-refractivity contribution in [3.05, 3.63) is 126 Å². The van der Waals surface area contributed by atoms with Crippen LogP contribution in [0.5, 0.6) is 0 Å². The molecule has 4 rings (SSSR count). The van der Waals surface area contributed by atoms with Crippen LogP contribution in [0.15, 0.2) is 104 Å². The number of benzene rings is 3. The second kappa shape index (κ2) is 8.77. The number of carbonyl (C=O) groups is 1. The van der Waals surface area contributed by atoms with E-state index in [1.807, 2.05) is 95.6 Å². The number of carboxylic acid groups (broad SMARTS) is 1. The Bertz CT molecular complexity index is 1080. The third kappa shape index (κ3) is 3.69. The normalized spacial score (nSPS) is 13.4. The number of imidazole rings is 1. The van der Waals surface area contributed by atoms with Gasteiger partial charge in [0.25, 0.3) is 0 Å². The summed E-state index contributed by atoms with van der Waals surface area (Å²) in [5.41, 5.74) is 6.42. The van der Waals surface area contributed by atoms with Crippen molar-refractivity contribution in [3.8, 4) is 0 Å². The van der Waals surface area contributed by atoms with Crippen LogP contribution in [-0.4, -0.2) is 32.8 Å². The molecule has 32 heavy (non-hydrogen) atoms. The quantitative estimate of drug-likeness (QED) is 0.415. The molecule has 3 N–H and O–H groups in total. The molecule has 0 aliphatic heterocycles. The van der Waals surface area contributed by atoms with E-state index in [4.69, 9.17) is 5.73 Å². The molecule has 4 aromatic rings. The van der Waals surface area contributed by atoms with Gasteiger partial charge in [0.1, 0.15) is 17.8 Å². The Hall–Kier alpha value is -3.77. The summed E-state index contributed by atoms with van der Waals surface area (Å²) in [6.07, 6.45) is 3.19. The van der Waals surface area contributed by atoms with E-state index in [1.165, 1.54) is 0 Å². The molecule has 0 spiro atoms. The van der Waals surface area contributed by atoms with Crippen LogP contribution in [0.4, 0.5) is 4.39 Å². The van der Waals surface area contributed by atoms with Crippen LogP contribution >= 0.6 is 0 Å². The highest BCUT2D eigenvalue weighted by Crippen LogP contribution is 2.40. The van der Waals surface area contributed by atoms with E-state index in [2.05, 4.69) is 4.98 Å². The Labute approximate surface area is 186 Å². The van der Waals surface area contributed by atoms with E-state index in [1.54, 1.807) is 12.5 Å². The van der Waals surface area contributed by atoms with Gasteiger partial charge in [-0.3, -0.25) is 4.79 Å². The Morgan fingerprint density at radius 1 is 0.875 bits per heavy atom. The van der Waals surface area contributed by atoms with Crippen LogP contribution in [0.2, 0.25) is 0 Å². The third-order valence-corrected chi connectivity index (χ3v) is 5.76. The molecule has 0 fully saturated rings. The SMILES string of the molecule is N[C@@](CF)(Cc1cn(C(c2ccccc2)(c2ccccc2)c2ccccc2)cn1)C(=O)O. The van der Waals surface area contributed by atoms with Crippen LogP contribution < -0.4 is 5.73 Å². The number of aromatic nitrogens is 2. The van der Waals surface area contributed by atoms with Gasteiger partial charge in [0.05, 0.1) is 12.0 Å². The first-order valence-corrected chi connectivity index (χ1v) is 10.3. The molecule has 3 aromatic carbocycles. The Morgan fingerprint density at radius 3 is 1.69 bits per heavy atom. The molecule has 0 aliphatic rings. The molecule has 1 atom stereocenters. The van der Waals surface area contributed by atoms with Gasteiger partial charge in [0, 0.05) is 12.6 Å². The maximum Gasteiger partial charge on any atom is 0.326 e. The van der Waals surface area contributed by atoms with Crippen molar-refractivity contribution in [2.75, 3.05) is 6.67 Å². The minimum atomic E-state index is -2.02. The maximum atomic E-state index is 13.5. The predicted molar refractivity (Wildman–Crippen MR) is 121 cm³/mol. The first-order chi connectivity index (χ1) is 15.5. The second-order valence-electron chi connectivity index (χ2n) is 7.85. The molecule has 0 amide bonds. The number of rotatable bonds is 8. The van der Waals surface area contributed by atoms with Gasteiger partial charge < -0.3 is 15.4 Å². The molecule has 0 saturated heterocycles. The number of halogens is 1. The van der Waals surface area contributed by atoms with Crippen molar-refractivity contribution in [2.24, 2.45) is 5.73 Å². The molecule has 0 bridgehead atoms. The average Bonchev–Trinajstić information content (AvgIpc) is 3.30. The summed E-state index contributed by atoms with van der Waals surface area (Å²) < 4.78 is 15.4. The molecule has 1 heterocycles. The zero-order chi connectivity index (χ0) is 22.6. The Balaban J connectivity index is 1.96. The Morgan fingerprint density at radius 2 is 1.31 bits per heavy atom. The van der Waals surface area contributed by atoms with E-state index >= 15 is 0 Å². The first kappa shape index (κ1) is 21.5. The van der Waals surface area contributed by atoms with Gasteiger partial charge in [-0.1, -0.05) is 91.0 Å². The summed E-state index contributed by atoms with van der Waals surface area (Å²) >= 11 is 0. The molecule has 1 aromatic heterocycles. The van der Waals surface area contributed by atoms with Gasteiger partial charge in [-0.05, 0) is 16.7 Å². The summed E-state index contributed by atoms with van der Waals surface area (Å²) in [6, 6.07) is 30.0. The zero-order valence-electron chi connectivity index (χ0n) is 17.4. The monoisotopic (exact) mass is 429 g/mol. The van der Waals surface area contributed by atoms with Crippen molar-refractivity contribution in [1.82, 2.24) is 9.55 Å². The van der Waals surface area contributed by atoms with Gasteiger partial charge in [0.15, 0.2) is 0 Å². The standard InChI is InChI=1S/C26H24FN3O2/c27-18-25(28,24(31)32)16-23-17-30(19-29-23)26(20-10-4-1-5-11-20,21-12-6-2-7-13-21)22-14-8-3-9-15-22/h1-15,17,19H,16,18,28H2,(H,31,32)/t25-/m1/s1. The predicted octanol–water partition coefficient (Wildman–Crippen LogP) is 4.02. The molecule has 0 radical (unpaired) electrons. The van der Waals surface area contributed by atoms with Crippen molar-refractivity contribution in [2.45, 2.75) is 17.5 Å². The fourth-order valence-corrected chi connectivity index (χ4v) is 4.13. The van der Waals surface area contributed by atoms with Gasteiger partial charge in [-0.2, -0.15) is 0 Å². The largest absolute Gasteiger partial charge is 0.480 e. The number of alkyl halides is 1. The summed E-state index contributed by atoms with van der Waals surface area (Å²) in [6.45, 7) is -1.18. The van der Waals surface area contributed by atoms with E-state index in [0.717, 1.165) is 16.7 Å². The average molecular weight is 429 g/mol. The number of carboxylic acids is 1. The minimum absolute atomic E-state index is 0.222. The lowest BCUT2D eigenvalue weighted by Gasteiger charge is -2.37. The van der Waals surface area contributed by atoms with E-state index in [9.17, 15) is 14.3 Å². The van der Waals surface area contributed by atoms with Crippen molar-refractivity contribution in [1.29, 1.82) is 0 Å². The molecular weight excluding hydrogens is 405 g/mol. The van der Waals surface area contributed by atoms with Gasteiger partial charge >= 0.3 is 5.97 Å². The zero-order valence-corrected chi connectivity index (χ0v) is 17.4. The van der Waals surface area contributed by atoms with Crippen LogP contribution in [-0.2, 0) is 16.8 Å². The summed E-state index contributed by atoms with van der Waals surface area (Å²) in [5, 5.41) is 9.39. The highest BCUT2D eigenvalue weighted by molar-refractivity contribution is 5.79. The van der Waals surface area contributed by atoms with E-state index in [-0.39, 0.29) is 6.42 Å². The fraction of sp³-hybridized carbons (Fsp3) is 0.154. The third-order valence-electron chi connectivity index (χ3n) is 5.76. The van der Waals surface area contributed by atoms with Gasteiger partial charge in [0.2, 0.25) is 0 Å². The number of nitrogens with two attached hydrogens (primary N) is 1. The molecular formula is C26H24FN3O2. The molecule has 162 valence electrons. The topological polar surface area (TPSA) is 81.1 Å². The lowest BCUT2D eigenvalue weighted by Crippen LogP contribution is -2.52. The molecule has 0 unspecified atom stereocenters. The highest BCUT2D eigenvalue weighted by Gasteiger charge is 2.40.